The van der Waals surface area contributed by atoms with Crippen LogP contribution in [0.5, 0.6) is 0 Å². The van der Waals surface area contributed by atoms with Crippen LogP contribution >= 0.6 is 23.2 Å². The molecule has 4 rings (SSSR count). The predicted molar refractivity (Wildman–Crippen MR) is 113 cm³/mol. The average Bonchev–Trinajstić information content (AvgIpc) is 3.09. The van der Waals surface area contributed by atoms with Crippen molar-refractivity contribution in [1.29, 1.82) is 0 Å². The lowest BCUT2D eigenvalue weighted by Gasteiger charge is -2.38. The van der Waals surface area contributed by atoms with Crippen LogP contribution in [-0.4, -0.2) is 5.91 Å². The number of benzene rings is 2. The van der Waals surface area contributed by atoms with E-state index in [0.29, 0.717) is 10.6 Å². The summed E-state index contributed by atoms with van der Waals surface area (Å²) < 4.78 is 15.0. The van der Waals surface area contributed by atoms with Gasteiger partial charge in [0.15, 0.2) is 0 Å². The van der Waals surface area contributed by atoms with Gasteiger partial charge in [-0.25, -0.2) is 4.39 Å². The minimum absolute atomic E-state index is 0.0505. The normalized spacial score (nSPS) is 26.6. The first-order valence-corrected chi connectivity index (χ1v) is 10.5. The number of anilines is 1. The number of amides is 1. The number of halogens is 3. The molecule has 2 aromatic rings. The summed E-state index contributed by atoms with van der Waals surface area (Å²) in [5, 5.41) is 3.72. The van der Waals surface area contributed by atoms with E-state index in [1.54, 1.807) is 24.3 Å². The highest BCUT2D eigenvalue weighted by atomic mass is 35.5. The number of hydrogen-bond donors (Lipinski definition) is 1. The second-order valence-electron chi connectivity index (χ2n) is 9.25. The number of rotatable bonds is 2. The number of nitrogens with one attached hydrogen (secondary N) is 1. The molecule has 1 heterocycles. The summed E-state index contributed by atoms with van der Waals surface area (Å²) in [4.78, 5) is 13.5. The maximum Gasteiger partial charge on any atom is 0.236 e. The minimum Gasteiger partial charge on any atom is -0.325 e. The molecule has 1 N–H and O–H groups in total. The minimum atomic E-state index is -0.807. The Labute approximate surface area is 175 Å². The Kier molecular flexibility index (Phi) is 4.75. The molecule has 0 bridgehead atoms. The Morgan fingerprint density at radius 1 is 1.18 bits per heavy atom. The van der Waals surface area contributed by atoms with Crippen molar-refractivity contribution in [2.45, 2.75) is 51.4 Å². The smallest absolute Gasteiger partial charge is 0.236 e. The highest BCUT2D eigenvalue weighted by Gasteiger charge is 2.61. The fraction of sp³-hybridized carbons (Fsp3) is 0.435. The molecule has 3 atom stereocenters. The maximum absolute atomic E-state index is 15.0. The molecule has 0 unspecified atom stereocenters. The van der Waals surface area contributed by atoms with Gasteiger partial charge in [0.05, 0.1) is 10.4 Å². The molecular weight excluding hydrogens is 396 g/mol. The first kappa shape index (κ1) is 19.7. The van der Waals surface area contributed by atoms with E-state index in [2.05, 4.69) is 26.1 Å². The van der Waals surface area contributed by atoms with E-state index in [0.717, 1.165) is 30.5 Å². The van der Waals surface area contributed by atoms with E-state index in [1.165, 1.54) is 0 Å². The summed E-state index contributed by atoms with van der Waals surface area (Å²) in [6.07, 6.45) is 2.48. The van der Waals surface area contributed by atoms with Crippen LogP contribution in [0.2, 0.25) is 10.0 Å². The lowest BCUT2D eigenvalue weighted by atomic mass is 9.62. The van der Waals surface area contributed by atoms with Crippen molar-refractivity contribution >= 4 is 34.8 Å². The van der Waals surface area contributed by atoms with E-state index < -0.39 is 11.2 Å². The molecule has 0 saturated heterocycles. The molecular formula is C23H24Cl2FNO. The zero-order chi connectivity index (χ0) is 20.3. The fourth-order valence-electron chi connectivity index (χ4n) is 5.38. The van der Waals surface area contributed by atoms with E-state index in [1.807, 2.05) is 12.1 Å². The summed E-state index contributed by atoms with van der Waals surface area (Å²) in [6, 6.07) is 10.6. The van der Waals surface area contributed by atoms with Gasteiger partial charge in [0, 0.05) is 16.6 Å². The van der Waals surface area contributed by atoms with Crippen molar-refractivity contribution in [1.82, 2.24) is 0 Å². The molecule has 1 saturated carbocycles. The summed E-state index contributed by atoms with van der Waals surface area (Å²) in [7, 11) is 0. The first-order valence-electron chi connectivity index (χ1n) is 9.70. The average molecular weight is 420 g/mol. The molecule has 28 heavy (non-hydrogen) atoms. The summed E-state index contributed by atoms with van der Waals surface area (Å²) in [5.74, 6) is -0.625. The molecule has 5 heteroatoms. The second-order valence-corrected chi connectivity index (χ2v) is 10.1. The standard InChI is InChI=1S/C23H24Cl2FNO/c1-22(2,3)12-13-7-9-16(15-5-4-6-18(25)20(15)26)23(13)17-10-8-14(24)11-19(17)27-21(23)28/h4-6,8,10-11,13,16H,7,9,12H2,1-3H3,(H,27,28)/t13-,16+,23+/m0/s1. The maximum atomic E-state index is 15.0. The van der Waals surface area contributed by atoms with Gasteiger partial charge in [-0.3, -0.25) is 4.79 Å². The van der Waals surface area contributed by atoms with Gasteiger partial charge in [0.2, 0.25) is 5.91 Å². The third kappa shape index (κ3) is 2.95. The molecule has 0 radical (unpaired) electrons. The number of hydrogen-bond acceptors (Lipinski definition) is 1. The number of fused-ring (bicyclic) bond motifs is 2. The molecule has 2 aliphatic rings. The molecule has 2 nitrogen and oxygen atoms in total. The molecule has 2 aromatic carbocycles. The Morgan fingerprint density at radius 3 is 2.64 bits per heavy atom. The van der Waals surface area contributed by atoms with Crippen molar-refractivity contribution in [3.63, 3.8) is 0 Å². The van der Waals surface area contributed by atoms with Crippen LogP contribution < -0.4 is 5.32 Å². The number of carbonyl (C=O) groups is 1. The van der Waals surface area contributed by atoms with Crippen molar-refractivity contribution in [2.24, 2.45) is 11.3 Å². The topological polar surface area (TPSA) is 29.1 Å². The monoisotopic (exact) mass is 419 g/mol. The van der Waals surface area contributed by atoms with Crippen LogP contribution in [0.15, 0.2) is 36.4 Å². The van der Waals surface area contributed by atoms with E-state index in [4.69, 9.17) is 23.2 Å². The molecule has 1 amide bonds. The van der Waals surface area contributed by atoms with Gasteiger partial charge in [-0.15, -0.1) is 0 Å². The predicted octanol–water partition coefficient (Wildman–Crippen LogP) is 6.95. The van der Waals surface area contributed by atoms with E-state index in [-0.39, 0.29) is 28.2 Å². The Hall–Kier alpha value is -1.58. The first-order chi connectivity index (χ1) is 13.1. The van der Waals surface area contributed by atoms with Crippen LogP contribution in [0.25, 0.3) is 0 Å². The van der Waals surface area contributed by atoms with Crippen molar-refractivity contribution in [2.75, 3.05) is 5.32 Å². The van der Waals surface area contributed by atoms with Crippen LogP contribution in [0.1, 0.15) is 57.1 Å². The van der Waals surface area contributed by atoms with E-state index in [9.17, 15) is 4.79 Å². The Bertz CT molecular complexity index is 952. The molecule has 0 aromatic heterocycles. The lowest BCUT2D eigenvalue weighted by Crippen LogP contribution is -2.44. The third-order valence-corrected chi connectivity index (χ3v) is 6.79. The molecule has 148 valence electrons. The van der Waals surface area contributed by atoms with Crippen LogP contribution in [0.4, 0.5) is 10.1 Å². The van der Waals surface area contributed by atoms with E-state index >= 15 is 4.39 Å². The van der Waals surface area contributed by atoms with Gasteiger partial charge in [-0.05, 0) is 59.9 Å². The molecule has 1 spiro atoms. The van der Waals surface area contributed by atoms with Gasteiger partial charge in [0.1, 0.15) is 5.82 Å². The fourth-order valence-corrected chi connectivity index (χ4v) is 5.73. The van der Waals surface area contributed by atoms with Gasteiger partial charge in [0.25, 0.3) is 0 Å². The summed E-state index contributed by atoms with van der Waals surface area (Å²) in [5.41, 5.74) is 1.44. The zero-order valence-electron chi connectivity index (χ0n) is 16.3. The van der Waals surface area contributed by atoms with Crippen molar-refractivity contribution in [3.05, 3.63) is 63.4 Å². The summed E-state index contributed by atoms with van der Waals surface area (Å²) >= 11 is 12.3. The van der Waals surface area contributed by atoms with Crippen LogP contribution in [-0.2, 0) is 10.2 Å². The highest BCUT2D eigenvalue weighted by Crippen LogP contribution is 2.62. The molecule has 1 aliphatic carbocycles. The quantitative estimate of drug-likeness (QED) is 0.560. The van der Waals surface area contributed by atoms with Crippen LogP contribution in [0, 0.1) is 17.2 Å². The Balaban J connectivity index is 1.94. The van der Waals surface area contributed by atoms with Crippen molar-refractivity contribution < 1.29 is 9.18 Å². The van der Waals surface area contributed by atoms with Gasteiger partial charge in [-0.1, -0.05) is 62.2 Å². The SMILES string of the molecule is CC(C)(C)C[C@@H]1CC[C@H](c2cccc(Cl)c2F)[C@]12C(=O)Nc1cc(Cl)ccc12. The molecule has 1 aliphatic heterocycles. The Morgan fingerprint density at radius 2 is 1.93 bits per heavy atom. The largest absolute Gasteiger partial charge is 0.325 e. The molecule has 1 fully saturated rings. The van der Waals surface area contributed by atoms with Gasteiger partial charge >= 0.3 is 0 Å². The number of carbonyl (C=O) groups excluding carboxylic acids is 1. The zero-order valence-corrected chi connectivity index (χ0v) is 17.8. The lowest BCUT2D eigenvalue weighted by molar-refractivity contribution is -0.123. The van der Waals surface area contributed by atoms with Gasteiger partial charge < -0.3 is 5.32 Å². The second kappa shape index (κ2) is 6.74. The van der Waals surface area contributed by atoms with Gasteiger partial charge in [-0.2, -0.15) is 0 Å². The summed E-state index contributed by atoms with van der Waals surface area (Å²) in [6.45, 7) is 6.55. The van der Waals surface area contributed by atoms with Crippen molar-refractivity contribution in [3.8, 4) is 0 Å². The third-order valence-electron chi connectivity index (χ3n) is 6.26. The highest BCUT2D eigenvalue weighted by molar-refractivity contribution is 6.31. The van der Waals surface area contributed by atoms with Crippen LogP contribution in [0.3, 0.4) is 0 Å².